The Morgan fingerprint density at radius 1 is 0.459 bits per heavy atom. The van der Waals surface area contributed by atoms with Gasteiger partial charge >= 0.3 is 0 Å². The number of anilines is 4. The number of nitrogens with one attached hydrogen (secondary N) is 4. The quantitative estimate of drug-likeness (QED) is 0.0361. The summed E-state index contributed by atoms with van der Waals surface area (Å²) in [7, 11) is -3.20. The van der Waals surface area contributed by atoms with Crippen LogP contribution in [0.4, 0.5) is 27.7 Å². The highest BCUT2D eigenvalue weighted by atomic mass is 32.2. The number of pyridine rings is 3. The molecule has 0 spiro atoms. The minimum absolute atomic E-state index is 0.330. The van der Waals surface area contributed by atoms with E-state index in [9.17, 15) is 48.1 Å². The fourth-order valence-electron chi connectivity index (χ4n) is 14.2. The Balaban J connectivity index is 0.000000168. The largest absolute Gasteiger partial charge is 0.493 e. The van der Waals surface area contributed by atoms with Gasteiger partial charge in [0.2, 0.25) is 40.1 Å². The van der Waals surface area contributed by atoms with Crippen LogP contribution in [0, 0.1) is 40.8 Å². The second-order valence-corrected chi connectivity index (χ2v) is 34.8. The molecule has 5 aromatic heterocycles. The maximum absolute atomic E-state index is 14.3. The molecule has 0 bridgehead atoms. The molecule has 0 unspecified atom stereocenters. The van der Waals surface area contributed by atoms with Crippen LogP contribution in [0.5, 0.6) is 34.5 Å². The van der Waals surface area contributed by atoms with Gasteiger partial charge in [0.1, 0.15) is 47.5 Å². The number of carbonyl (C=O) groups is 1. The Hall–Kier alpha value is -9.03. The first-order valence-electron chi connectivity index (χ1n) is 35.9. The second kappa shape index (κ2) is 38.1. The third kappa shape index (κ3) is 23.3. The van der Waals surface area contributed by atoms with Gasteiger partial charge in [0.05, 0.1) is 91.2 Å². The number of amides is 1. The summed E-state index contributed by atoms with van der Waals surface area (Å²) in [6, 6.07) is 12.9. The molecule has 109 heavy (non-hydrogen) atoms. The number of sulfonamides is 4. The number of rotatable bonds is 27. The van der Waals surface area contributed by atoms with Crippen LogP contribution in [0.2, 0.25) is 0 Å². The maximum atomic E-state index is 14.3. The van der Waals surface area contributed by atoms with Gasteiger partial charge in [-0.25, -0.2) is 86.4 Å². The van der Waals surface area contributed by atoms with E-state index in [4.69, 9.17) is 34.2 Å². The van der Waals surface area contributed by atoms with Crippen molar-refractivity contribution in [2.24, 2.45) is 29.4 Å². The molecule has 4 aliphatic heterocycles. The normalized spacial score (nSPS) is 15.8. The van der Waals surface area contributed by atoms with Crippen LogP contribution in [0.1, 0.15) is 93.0 Å². The lowest BCUT2D eigenvalue weighted by Crippen LogP contribution is -2.36. The molecule has 6 N–H and O–H groups in total. The van der Waals surface area contributed by atoms with Gasteiger partial charge in [-0.1, -0.05) is 0 Å². The molecular formula is C72H100FN17O15S4. The number of methoxy groups -OCH3 is 6. The zero-order valence-corrected chi connectivity index (χ0v) is 66.6. The van der Waals surface area contributed by atoms with E-state index < -0.39 is 51.8 Å². The van der Waals surface area contributed by atoms with E-state index in [2.05, 4.69) is 74.6 Å². The van der Waals surface area contributed by atoms with E-state index in [0.717, 1.165) is 174 Å². The number of halogens is 1. The van der Waals surface area contributed by atoms with Crippen LogP contribution in [0.25, 0.3) is 37.8 Å². The highest BCUT2D eigenvalue weighted by Gasteiger charge is 2.29. The Morgan fingerprint density at radius 2 is 0.771 bits per heavy atom. The fourth-order valence-corrected chi connectivity index (χ4v) is 16.1. The molecule has 9 heterocycles. The van der Waals surface area contributed by atoms with Crippen molar-refractivity contribution in [1.82, 2.24) is 53.4 Å². The van der Waals surface area contributed by atoms with Gasteiger partial charge < -0.3 is 53.8 Å². The number of nitriles is 1. The Morgan fingerprint density at radius 3 is 1.12 bits per heavy atom. The number of imidazole rings is 1. The van der Waals surface area contributed by atoms with Crippen LogP contribution in [0.3, 0.4) is 0 Å². The molecule has 1 amide bonds. The molecule has 32 nitrogen and oxygen atoms in total. The maximum Gasteiger partial charge on any atom is 0.250 e. The van der Waals surface area contributed by atoms with E-state index in [-0.39, 0.29) is 0 Å². The Kier molecular flexibility index (Phi) is 29.3. The first-order chi connectivity index (χ1) is 51.9. The molecular weight excluding hydrogens is 1490 g/mol. The van der Waals surface area contributed by atoms with E-state index >= 15 is 0 Å². The number of benzene rings is 3. The molecule has 0 radical (unpaired) electrons. The Bertz CT molecular complexity index is 4970. The van der Waals surface area contributed by atoms with Crippen molar-refractivity contribution >= 4 is 107 Å². The predicted octanol–water partition coefficient (Wildman–Crippen LogP) is 6.61. The van der Waals surface area contributed by atoms with Crippen molar-refractivity contribution in [3.63, 3.8) is 0 Å². The number of nitrogens with zero attached hydrogens (tertiary/aromatic N) is 12. The number of ether oxygens (including phenoxy) is 6. The predicted molar refractivity (Wildman–Crippen MR) is 418 cm³/mol. The summed E-state index contributed by atoms with van der Waals surface area (Å²) in [4.78, 5) is 42.7. The van der Waals surface area contributed by atoms with Crippen LogP contribution >= 0.6 is 0 Å². The van der Waals surface area contributed by atoms with Gasteiger partial charge in [0, 0.05) is 123 Å². The van der Waals surface area contributed by atoms with Crippen molar-refractivity contribution in [3.05, 3.63) is 90.8 Å². The molecule has 3 aromatic carbocycles. The van der Waals surface area contributed by atoms with Crippen LogP contribution in [-0.2, 0) is 40.1 Å². The summed E-state index contributed by atoms with van der Waals surface area (Å²) in [6.07, 6.45) is 25.1. The summed E-state index contributed by atoms with van der Waals surface area (Å²) in [5, 5.41) is 17.8. The molecule has 0 aliphatic carbocycles. The topological polar surface area (TPSA) is 402 Å². The molecule has 4 fully saturated rings. The zero-order valence-electron chi connectivity index (χ0n) is 63.3. The molecule has 37 heteroatoms. The van der Waals surface area contributed by atoms with E-state index in [1.807, 2.05) is 18.2 Å². The van der Waals surface area contributed by atoms with Gasteiger partial charge in [-0.2, -0.15) is 10.4 Å². The van der Waals surface area contributed by atoms with Gasteiger partial charge in [-0.05, 0) is 137 Å². The number of nitrogens with two attached hydrogens (primary N) is 1. The first-order valence-corrected chi connectivity index (χ1v) is 43.4. The first kappa shape index (κ1) is 84.0. The lowest BCUT2D eigenvalue weighted by molar-refractivity contribution is 0.100. The SMILES string of the molecule is COc1cc2c(C#N)cnc(N3CCC(CCNS(C)(=O)=O)CC3)c2cc1OC.COc1cc2c(C(N)=O)cnc(N3CCC(CCNS(C)(=O)=O)CC3)c2cc1OC.COc1cc2c(F)cnc(N3CCC(CCNS(C)(=O)=O)CC3)c2cc1OC.CS(=O)(=O)NCCC1CCN(c2ncnn3cncc23)CC1. The lowest BCUT2D eigenvalue weighted by Gasteiger charge is -2.33. The lowest BCUT2D eigenvalue weighted by atomic mass is 9.93. The van der Waals surface area contributed by atoms with Crippen molar-refractivity contribution in [3.8, 4) is 40.6 Å². The molecule has 12 rings (SSSR count). The van der Waals surface area contributed by atoms with Gasteiger partial charge in [-0.15, -0.1) is 0 Å². The number of fused-ring (bicyclic) bond motifs is 4. The summed E-state index contributed by atoms with van der Waals surface area (Å²) in [6.45, 7) is 8.53. The monoisotopic (exact) mass is 1590 g/mol. The second-order valence-electron chi connectivity index (χ2n) is 27.5. The smallest absolute Gasteiger partial charge is 0.250 e. The Labute approximate surface area is 637 Å². The molecule has 594 valence electrons. The number of carbonyl (C=O) groups excluding carboxylic acids is 1. The average molecular weight is 1590 g/mol. The van der Waals surface area contributed by atoms with Crippen molar-refractivity contribution < 1.29 is 71.3 Å². The van der Waals surface area contributed by atoms with Crippen molar-refractivity contribution in [1.29, 1.82) is 5.26 Å². The molecule has 0 atom stereocenters. The number of primary amides is 1. The highest BCUT2D eigenvalue weighted by molar-refractivity contribution is 7.89. The van der Waals surface area contributed by atoms with Crippen LogP contribution in [-0.4, -0.2) is 220 Å². The van der Waals surface area contributed by atoms with E-state index in [1.165, 1.54) is 44.5 Å². The number of hydrogen-bond acceptors (Lipinski definition) is 26. The van der Waals surface area contributed by atoms with Gasteiger partial charge in [0.25, 0.3) is 5.91 Å². The number of piperidine rings is 4. The standard InChI is InChI=1S/C20H28N4O5S.C20H26N4O4S.C19H26FN3O4S.C13H20N6O2S/c1-28-17-10-14-15(11-18(17)29-2)20(22-12-16(14)19(21)25)24-8-5-13(6-9-24)4-7-23-30(3,26)27;1-27-18-10-16-15(12-21)13-22-20(17(16)11-19(18)28-2)24-8-5-14(6-9-24)4-7-23-29(3,25)26;1-26-17-10-14-15(11-18(17)27-2)19(21-12-16(14)20)23-8-5-13(6-9-23)4-7-22-28(3,24)25;1-22(20,21)17-5-2-11-3-6-18(7-4-11)13-12-8-14-10-19(12)16-9-15-13/h10-13,23H,4-9H2,1-3H3,(H2,21,25);10-11,13-14,23H,4-9H2,1-3H3;10-13,22H,4-9H2,1-3H3;8-11,17H,2-7H2,1H3. The van der Waals surface area contributed by atoms with Crippen molar-refractivity contribution in [2.45, 2.75) is 77.0 Å². The molecule has 8 aromatic rings. The van der Waals surface area contributed by atoms with Crippen LogP contribution in [0.15, 0.2) is 73.8 Å². The number of hydrogen-bond donors (Lipinski definition) is 5. The summed E-state index contributed by atoms with van der Waals surface area (Å²) in [5.74, 6) is 7.45. The minimum atomic E-state index is -3.16. The fraction of sp³-hybridized carbons (Fsp3) is 0.528. The third-order valence-electron chi connectivity index (χ3n) is 20.0. The van der Waals surface area contributed by atoms with E-state index in [1.54, 1.807) is 83.3 Å². The van der Waals surface area contributed by atoms with Crippen molar-refractivity contribution in [2.75, 3.05) is 166 Å². The molecule has 4 saturated heterocycles. The summed E-state index contributed by atoms with van der Waals surface area (Å²) < 4.78 is 148. The van der Waals surface area contributed by atoms with Crippen LogP contribution < -0.4 is 72.6 Å². The minimum Gasteiger partial charge on any atom is -0.493 e. The average Bonchev–Trinajstić information content (AvgIpc) is 0.812. The van der Waals surface area contributed by atoms with Gasteiger partial charge in [-0.3, -0.25) is 4.79 Å². The molecule has 0 saturated carbocycles. The third-order valence-corrected chi connectivity index (χ3v) is 22.9. The van der Waals surface area contributed by atoms with E-state index in [0.29, 0.717) is 112 Å². The summed E-state index contributed by atoms with van der Waals surface area (Å²) >= 11 is 0. The highest BCUT2D eigenvalue weighted by Crippen LogP contribution is 2.42. The molecule has 4 aliphatic rings. The zero-order chi connectivity index (χ0) is 78.8. The summed E-state index contributed by atoms with van der Waals surface area (Å²) in [5.41, 5.74) is 7.29. The van der Waals surface area contributed by atoms with Gasteiger partial charge in [0.15, 0.2) is 40.3 Å². The number of aromatic nitrogens is 7.